The Kier molecular flexibility index (Phi) is 5.23. The van der Waals surface area contributed by atoms with Gasteiger partial charge in [0, 0.05) is 31.7 Å². The van der Waals surface area contributed by atoms with Gasteiger partial charge in [-0.15, -0.1) is 0 Å². The molecule has 2 fully saturated rings. The zero-order chi connectivity index (χ0) is 16.9. The molecule has 2 saturated heterocycles. The van der Waals surface area contributed by atoms with Gasteiger partial charge in [-0.3, -0.25) is 0 Å². The molecular formula is C18H25N3O3. The molecule has 1 atom stereocenters. The Morgan fingerprint density at radius 3 is 2.58 bits per heavy atom. The summed E-state index contributed by atoms with van der Waals surface area (Å²) < 4.78 is 5.38. The molecule has 1 unspecified atom stereocenters. The molecule has 0 spiro atoms. The van der Waals surface area contributed by atoms with Gasteiger partial charge in [-0.2, -0.15) is 0 Å². The normalized spacial score (nSPS) is 22.2. The molecule has 6 nitrogen and oxygen atoms in total. The lowest BCUT2D eigenvalue weighted by Crippen LogP contribution is -2.58. The quantitative estimate of drug-likeness (QED) is 0.926. The molecule has 2 heterocycles. The average Bonchev–Trinajstić information content (AvgIpc) is 2.61. The number of amides is 3. The fourth-order valence-electron chi connectivity index (χ4n) is 3.48. The maximum Gasteiger partial charge on any atom is 0.410 e. The number of ether oxygens (including phenoxy) is 1. The molecule has 130 valence electrons. The Bertz CT molecular complexity index is 570. The van der Waals surface area contributed by atoms with Crippen molar-refractivity contribution in [3.8, 4) is 0 Å². The largest absolute Gasteiger partial charge is 0.445 e. The van der Waals surface area contributed by atoms with E-state index in [1.54, 1.807) is 4.90 Å². The summed E-state index contributed by atoms with van der Waals surface area (Å²) in [4.78, 5) is 28.0. The van der Waals surface area contributed by atoms with Gasteiger partial charge < -0.3 is 19.9 Å². The number of hydrogen-bond donors (Lipinski definition) is 1. The Hall–Kier alpha value is -2.24. The number of rotatable bonds is 3. The second-order valence-electron chi connectivity index (χ2n) is 6.54. The van der Waals surface area contributed by atoms with E-state index in [0.29, 0.717) is 19.7 Å². The number of carbonyl (C=O) groups is 2. The number of piperidine rings is 1. The Balaban J connectivity index is 1.47. The van der Waals surface area contributed by atoms with Gasteiger partial charge in [0.15, 0.2) is 0 Å². The molecule has 2 aliphatic heterocycles. The standard InChI is InChI=1S/C18H25N3O3/c1-14-7-10-19-17(22)21(14)16-8-11-20(12-9-16)18(23)24-13-15-5-3-2-4-6-15/h2-6,14,16H,7-13H2,1H3,(H,19,22). The minimum Gasteiger partial charge on any atom is -0.445 e. The van der Waals surface area contributed by atoms with E-state index in [4.69, 9.17) is 4.74 Å². The lowest BCUT2D eigenvalue weighted by Gasteiger charge is -2.43. The SMILES string of the molecule is CC1CCNC(=O)N1C1CCN(C(=O)OCc2ccccc2)CC1. The van der Waals surface area contributed by atoms with Crippen LogP contribution in [0.5, 0.6) is 0 Å². The summed E-state index contributed by atoms with van der Waals surface area (Å²) in [6, 6.07) is 10.2. The Morgan fingerprint density at radius 2 is 1.92 bits per heavy atom. The van der Waals surface area contributed by atoms with E-state index in [2.05, 4.69) is 12.2 Å². The minimum absolute atomic E-state index is 0.0267. The molecular weight excluding hydrogens is 306 g/mol. The summed E-state index contributed by atoms with van der Waals surface area (Å²) in [5.74, 6) is 0. The number of nitrogens with zero attached hydrogens (tertiary/aromatic N) is 2. The van der Waals surface area contributed by atoms with Gasteiger partial charge in [0.1, 0.15) is 6.61 Å². The van der Waals surface area contributed by atoms with Crippen LogP contribution in [0.4, 0.5) is 9.59 Å². The monoisotopic (exact) mass is 331 g/mol. The fourth-order valence-corrected chi connectivity index (χ4v) is 3.48. The van der Waals surface area contributed by atoms with Crippen molar-refractivity contribution >= 4 is 12.1 Å². The molecule has 0 bridgehead atoms. The maximum absolute atomic E-state index is 12.2. The number of carbonyl (C=O) groups excluding carboxylic acids is 2. The number of hydrogen-bond acceptors (Lipinski definition) is 3. The molecule has 3 rings (SSSR count). The van der Waals surface area contributed by atoms with Crippen LogP contribution in [-0.2, 0) is 11.3 Å². The summed E-state index contributed by atoms with van der Waals surface area (Å²) in [5, 5.41) is 2.91. The number of likely N-dealkylation sites (tertiary alicyclic amines) is 1. The van der Waals surface area contributed by atoms with E-state index >= 15 is 0 Å². The molecule has 0 radical (unpaired) electrons. The first-order chi connectivity index (χ1) is 11.6. The zero-order valence-corrected chi connectivity index (χ0v) is 14.1. The third-order valence-electron chi connectivity index (χ3n) is 4.87. The molecule has 0 saturated carbocycles. The van der Waals surface area contributed by atoms with E-state index in [-0.39, 0.29) is 24.2 Å². The van der Waals surface area contributed by atoms with Crippen LogP contribution in [0.2, 0.25) is 0 Å². The minimum atomic E-state index is -0.270. The van der Waals surface area contributed by atoms with Gasteiger partial charge in [-0.05, 0) is 31.7 Å². The van der Waals surface area contributed by atoms with E-state index in [1.807, 2.05) is 35.2 Å². The number of nitrogens with one attached hydrogen (secondary N) is 1. The first-order valence-corrected chi connectivity index (χ1v) is 8.67. The molecule has 1 N–H and O–H groups in total. The van der Waals surface area contributed by atoms with Crippen molar-refractivity contribution in [3.05, 3.63) is 35.9 Å². The van der Waals surface area contributed by atoms with E-state index in [9.17, 15) is 9.59 Å². The van der Waals surface area contributed by atoms with Crippen LogP contribution >= 0.6 is 0 Å². The van der Waals surface area contributed by atoms with Crippen molar-refractivity contribution in [3.63, 3.8) is 0 Å². The van der Waals surface area contributed by atoms with Crippen LogP contribution in [-0.4, -0.2) is 53.6 Å². The summed E-state index contributed by atoms with van der Waals surface area (Å²) in [7, 11) is 0. The topological polar surface area (TPSA) is 61.9 Å². The van der Waals surface area contributed by atoms with E-state index < -0.39 is 0 Å². The molecule has 2 aliphatic rings. The molecule has 0 aliphatic carbocycles. The number of urea groups is 1. The Morgan fingerprint density at radius 1 is 1.21 bits per heavy atom. The second-order valence-corrected chi connectivity index (χ2v) is 6.54. The van der Waals surface area contributed by atoms with Gasteiger partial charge in [-0.1, -0.05) is 30.3 Å². The van der Waals surface area contributed by atoms with Crippen molar-refractivity contribution in [1.29, 1.82) is 0 Å². The fraction of sp³-hybridized carbons (Fsp3) is 0.556. The smallest absolute Gasteiger partial charge is 0.410 e. The van der Waals surface area contributed by atoms with Crippen LogP contribution in [0, 0.1) is 0 Å². The van der Waals surface area contributed by atoms with Crippen LogP contribution in [0.25, 0.3) is 0 Å². The van der Waals surface area contributed by atoms with Gasteiger partial charge in [0.25, 0.3) is 0 Å². The molecule has 0 aromatic heterocycles. The van der Waals surface area contributed by atoms with Crippen molar-refractivity contribution < 1.29 is 14.3 Å². The highest BCUT2D eigenvalue weighted by Crippen LogP contribution is 2.22. The first kappa shape index (κ1) is 16.6. The van der Waals surface area contributed by atoms with Crippen molar-refractivity contribution in [2.45, 2.75) is 44.9 Å². The van der Waals surface area contributed by atoms with Crippen molar-refractivity contribution in [1.82, 2.24) is 15.1 Å². The highest BCUT2D eigenvalue weighted by molar-refractivity contribution is 5.75. The summed E-state index contributed by atoms with van der Waals surface area (Å²) >= 11 is 0. The van der Waals surface area contributed by atoms with Gasteiger partial charge in [0.05, 0.1) is 0 Å². The third kappa shape index (κ3) is 3.80. The van der Waals surface area contributed by atoms with Gasteiger partial charge >= 0.3 is 12.1 Å². The summed E-state index contributed by atoms with van der Waals surface area (Å²) in [5.41, 5.74) is 0.986. The summed E-state index contributed by atoms with van der Waals surface area (Å²) in [6.07, 6.45) is 2.31. The molecule has 24 heavy (non-hydrogen) atoms. The van der Waals surface area contributed by atoms with Crippen LogP contribution in [0.15, 0.2) is 30.3 Å². The highest BCUT2D eigenvalue weighted by Gasteiger charge is 2.34. The summed E-state index contributed by atoms with van der Waals surface area (Å²) in [6.45, 7) is 4.41. The second kappa shape index (κ2) is 7.55. The van der Waals surface area contributed by atoms with E-state index in [0.717, 1.165) is 31.4 Å². The average molecular weight is 331 g/mol. The van der Waals surface area contributed by atoms with Crippen LogP contribution < -0.4 is 5.32 Å². The molecule has 1 aromatic rings. The lowest BCUT2D eigenvalue weighted by atomic mass is 10.00. The van der Waals surface area contributed by atoms with Crippen molar-refractivity contribution in [2.24, 2.45) is 0 Å². The van der Waals surface area contributed by atoms with E-state index in [1.165, 1.54) is 0 Å². The number of benzene rings is 1. The third-order valence-corrected chi connectivity index (χ3v) is 4.87. The van der Waals surface area contributed by atoms with Crippen molar-refractivity contribution in [2.75, 3.05) is 19.6 Å². The first-order valence-electron chi connectivity index (χ1n) is 8.67. The maximum atomic E-state index is 12.2. The van der Waals surface area contributed by atoms with Gasteiger partial charge in [-0.25, -0.2) is 9.59 Å². The van der Waals surface area contributed by atoms with Crippen LogP contribution in [0.3, 0.4) is 0 Å². The molecule has 3 amide bonds. The van der Waals surface area contributed by atoms with Crippen LogP contribution in [0.1, 0.15) is 31.7 Å². The zero-order valence-electron chi connectivity index (χ0n) is 14.1. The predicted molar refractivity (Wildman–Crippen MR) is 90.5 cm³/mol. The Labute approximate surface area is 142 Å². The predicted octanol–water partition coefficient (Wildman–Crippen LogP) is 2.59. The highest BCUT2D eigenvalue weighted by atomic mass is 16.6. The molecule has 1 aromatic carbocycles. The molecule has 6 heteroatoms. The van der Waals surface area contributed by atoms with Gasteiger partial charge in [0.2, 0.25) is 0 Å². The lowest BCUT2D eigenvalue weighted by molar-refractivity contribution is 0.0627.